The molecule has 0 aliphatic carbocycles. The maximum atomic E-state index is 13.6. The van der Waals surface area contributed by atoms with Gasteiger partial charge in [0.1, 0.15) is 42.3 Å². The van der Waals surface area contributed by atoms with Gasteiger partial charge in [-0.2, -0.15) is 0 Å². The standard InChI is InChI=1S/C35H62N12O13/c1-16(2)26(47-27(52)17(3)37)33(58)45-22(11-12-24(48)49)32(57)44-21(10-8-14-40-35(38)39)30(55)42-18(4)28(53)41-19(5)29(54)43-20(9-6-7-13-36)31(56)46-23(34(59)60)15-25(50)51/h16-23,26H,6-15,36-37H2,1-5H3,(H,41,53)(H,42,55)(H,43,54)(H,44,57)(H,45,58)(H,46,56)(H,47,52)(H,48,49)(H,50,51)(H,59,60)(H4,38,39,40)/t17-,18-,19-,20-,21-,22-,23-,26-/m0/s1. The van der Waals surface area contributed by atoms with Gasteiger partial charge in [0.15, 0.2) is 5.96 Å². The number of nitrogens with one attached hydrogen (secondary N) is 7. The van der Waals surface area contributed by atoms with Gasteiger partial charge in [-0.25, -0.2) is 4.79 Å². The van der Waals surface area contributed by atoms with E-state index in [0.717, 1.165) is 0 Å². The Bertz CT molecular complexity index is 1550. The average molecular weight is 859 g/mol. The van der Waals surface area contributed by atoms with Crippen molar-refractivity contribution in [2.45, 2.75) is 134 Å². The molecule has 0 bridgehead atoms. The van der Waals surface area contributed by atoms with E-state index in [9.17, 15) is 58.2 Å². The van der Waals surface area contributed by atoms with Crippen molar-refractivity contribution in [2.75, 3.05) is 13.1 Å². The zero-order valence-corrected chi connectivity index (χ0v) is 34.4. The molecule has 0 fully saturated rings. The van der Waals surface area contributed by atoms with Gasteiger partial charge in [0.2, 0.25) is 41.4 Å². The number of hydrogen-bond acceptors (Lipinski definition) is 13. The minimum atomic E-state index is -1.79. The van der Waals surface area contributed by atoms with Gasteiger partial charge in [-0.15, -0.1) is 0 Å². The van der Waals surface area contributed by atoms with Crippen LogP contribution in [0, 0.1) is 5.92 Å². The molecule has 18 N–H and O–H groups in total. The minimum absolute atomic E-state index is 0.0130. The normalized spacial score (nSPS) is 14.9. The van der Waals surface area contributed by atoms with Crippen molar-refractivity contribution in [1.29, 1.82) is 0 Å². The van der Waals surface area contributed by atoms with E-state index in [1.807, 2.05) is 0 Å². The SMILES string of the molecule is CC(C)[C@H](NC(=O)[C@H](C)N)C(=O)N[C@@H](CCC(=O)O)C(=O)N[C@@H](CCCN=C(N)N)C(=O)N[C@@H](C)C(=O)N[C@@H](C)C(=O)N[C@@H](CCCCN)C(=O)N[C@@H](CC(=O)O)C(=O)O. The van der Waals surface area contributed by atoms with E-state index in [1.165, 1.54) is 20.8 Å². The van der Waals surface area contributed by atoms with Crippen LogP contribution in [0.3, 0.4) is 0 Å². The Morgan fingerprint density at radius 3 is 1.45 bits per heavy atom. The van der Waals surface area contributed by atoms with E-state index < -0.39 is 133 Å². The van der Waals surface area contributed by atoms with Gasteiger partial charge in [-0.05, 0) is 71.8 Å². The number of nitrogens with two attached hydrogens (primary N) is 4. The van der Waals surface area contributed by atoms with Crippen LogP contribution in [0.15, 0.2) is 4.99 Å². The Labute approximate surface area is 346 Å². The van der Waals surface area contributed by atoms with Crippen molar-refractivity contribution in [1.82, 2.24) is 37.2 Å². The lowest BCUT2D eigenvalue weighted by Crippen LogP contribution is -2.60. The topological polar surface area (TPSA) is 432 Å². The number of aliphatic carboxylic acids is 3. The van der Waals surface area contributed by atoms with Gasteiger partial charge in [-0.3, -0.25) is 48.1 Å². The second-order valence-corrected chi connectivity index (χ2v) is 14.3. The fourth-order valence-electron chi connectivity index (χ4n) is 5.15. The van der Waals surface area contributed by atoms with Crippen molar-refractivity contribution >= 4 is 65.2 Å². The minimum Gasteiger partial charge on any atom is -0.481 e. The summed E-state index contributed by atoms with van der Waals surface area (Å²) >= 11 is 0. The summed E-state index contributed by atoms with van der Waals surface area (Å²) in [6.45, 7) is 7.40. The van der Waals surface area contributed by atoms with Gasteiger partial charge in [-0.1, -0.05) is 13.8 Å². The quantitative estimate of drug-likeness (QED) is 0.0190. The number of aliphatic imine (C=N–C) groups is 1. The molecule has 0 aliphatic rings. The first-order valence-corrected chi connectivity index (χ1v) is 19.2. The number of carbonyl (C=O) groups excluding carboxylic acids is 7. The van der Waals surface area contributed by atoms with Crippen LogP contribution >= 0.6 is 0 Å². The molecular weight excluding hydrogens is 796 g/mol. The summed E-state index contributed by atoms with van der Waals surface area (Å²) in [5.74, 6) is -11.3. The molecule has 0 heterocycles. The number of carboxylic acid groups (broad SMARTS) is 3. The molecule has 0 aromatic rings. The molecule has 0 radical (unpaired) electrons. The molecule has 25 nitrogen and oxygen atoms in total. The number of rotatable bonds is 29. The first-order chi connectivity index (χ1) is 27.9. The smallest absolute Gasteiger partial charge is 0.326 e. The maximum Gasteiger partial charge on any atom is 0.326 e. The van der Waals surface area contributed by atoms with E-state index in [4.69, 9.17) is 28.0 Å². The molecule has 0 saturated carbocycles. The van der Waals surface area contributed by atoms with Crippen LogP contribution in [0.2, 0.25) is 0 Å². The first kappa shape index (κ1) is 53.9. The number of guanidine groups is 1. The average Bonchev–Trinajstić information content (AvgIpc) is 3.14. The van der Waals surface area contributed by atoms with Gasteiger partial charge in [0.05, 0.1) is 12.5 Å². The molecule has 60 heavy (non-hydrogen) atoms. The molecule has 7 amide bonds. The van der Waals surface area contributed by atoms with Crippen LogP contribution in [0.5, 0.6) is 0 Å². The third-order valence-corrected chi connectivity index (χ3v) is 8.60. The van der Waals surface area contributed by atoms with Crippen molar-refractivity contribution in [3.63, 3.8) is 0 Å². The highest BCUT2D eigenvalue weighted by Gasteiger charge is 2.33. The molecule has 0 aromatic heterocycles. The summed E-state index contributed by atoms with van der Waals surface area (Å²) in [5, 5.41) is 44.3. The largest absolute Gasteiger partial charge is 0.481 e. The van der Waals surface area contributed by atoms with E-state index >= 15 is 0 Å². The highest BCUT2D eigenvalue weighted by molar-refractivity contribution is 5.97. The molecule has 0 unspecified atom stereocenters. The second-order valence-electron chi connectivity index (χ2n) is 14.3. The molecule has 0 spiro atoms. The van der Waals surface area contributed by atoms with Crippen LogP contribution in [0.25, 0.3) is 0 Å². The third-order valence-electron chi connectivity index (χ3n) is 8.60. The highest BCUT2D eigenvalue weighted by Crippen LogP contribution is 2.08. The number of nitrogens with zero attached hydrogens (tertiary/aromatic N) is 1. The molecular formula is C35H62N12O13. The lowest BCUT2D eigenvalue weighted by Gasteiger charge is -2.27. The van der Waals surface area contributed by atoms with Gasteiger partial charge in [0.25, 0.3) is 0 Å². The molecule has 0 aromatic carbocycles. The van der Waals surface area contributed by atoms with E-state index in [0.29, 0.717) is 12.8 Å². The predicted octanol–water partition coefficient (Wildman–Crippen LogP) is -4.97. The molecule has 0 aliphatic heterocycles. The lowest BCUT2D eigenvalue weighted by molar-refractivity contribution is -0.147. The number of unbranched alkanes of at least 4 members (excludes halogenated alkanes) is 1. The Morgan fingerprint density at radius 1 is 0.533 bits per heavy atom. The van der Waals surface area contributed by atoms with Crippen molar-refractivity contribution < 1.29 is 63.3 Å². The number of hydrogen-bond donors (Lipinski definition) is 14. The second kappa shape index (κ2) is 27.6. The van der Waals surface area contributed by atoms with Crippen LogP contribution < -0.4 is 60.2 Å². The summed E-state index contributed by atoms with van der Waals surface area (Å²) < 4.78 is 0. The highest BCUT2D eigenvalue weighted by atomic mass is 16.4. The van der Waals surface area contributed by atoms with Crippen molar-refractivity contribution in [3.8, 4) is 0 Å². The summed E-state index contributed by atoms with van der Waals surface area (Å²) in [5.41, 5.74) is 21.9. The summed E-state index contributed by atoms with van der Waals surface area (Å²) in [4.78, 5) is 130. The van der Waals surface area contributed by atoms with Crippen molar-refractivity contribution in [2.24, 2.45) is 33.8 Å². The van der Waals surface area contributed by atoms with Crippen LogP contribution in [-0.2, 0) is 47.9 Å². The monoisotopic (exact) mass is 858 g/mol. The van der Waals surface area contributed by atoms with Crippen LogP contribution in [0.1, 0.15) is 86.0 Å². The Hall–Kier alpha value is -6.11. The van der Waals surface area contributed by atoms with Gasteiger partial charge >= 0.3 is 17.9 Å². The Morgan fingerprint density at radius 2 is 0.983 bits per heavy atom. The molecule has 25 heteroatoms. The van der Waals surface area contributed by atoms with Crippen molar-refractivity contribution in [3.05, 3.63) is 0 Å². The zero-order chi connectivity index (χ0) is 46.3. The van der Waals surface area contributed by atoms with E-state index in [2.05, 4.69) is 42.2 Å². The Kier molecular flexibility index (Phi) is 24.7. The fraction of sp³-hybridized carbons (Fsp3) is 0.686. The number of carbonyl (C=O) groups is 10. The maximum absolute atomic E-state index is 13.6. The number of carboxylic acids is 3. The summed E-state index contributed by atoms with van der Waals surface area (Å²) in [7, 11) is 0. The van der Waals surface area contributed by atoms with Crippen LogP contribution in [-0.4, -0.2) is 142 Å². The van der Waals surface area contributed by atoms with E-state index in [-0.39, 0.29) is 38.3 Å². The molecule has 340 valence electrons. The number of amides is 7. The summed E-state index contributed by atoms with van der Waals surface area (Å²) in [6, 6.07) is -10.9. The molecule has 8 atom stereocenters. The molecule has 0 rings (SSSR count). The predicted molar refractivity (Wildman–Crippen MR) is 213 cm³/mol. The third kappa shape index (κ3) is 21.6. The Balaban J connectivity index is 6.08. The lowest BCUT2D eigenvalue weighted by atomic mass is 10.0. The van der Waals surface area contributed by atoms with E-state index in [1.54, 1.807) is 13.8 Å². The fourth-order valence-corrected chi connectivity index (χ4v) is 5.15. The van der Waals surface area contributed by atoms with Gasteiger partial charge in [0, 0.05) is 13.0 Å². The first-order valence-electron chi connectivity index (χ1n) is 19.2. The van der Waals surface area contributed by atoms with Gasteiger partial charge < -0.3 is 75.5 Å². The van der Waals surface area contributed by atoms with Crippen LogP contribution in [0.4, 0.5) is 0 Å². The molecule has 0 saturated heterocycles. The zero-order valence-electron chi connectivity index (χ0n) is 34.4. The summed E-state index contributed by atoms with van der Waals surface area (Å²) in [6.07, 6.45) is -1.20.